The second kappa shape index (κ2) is 7.65. The van der Waals surface area contributed by atoms with Gasteiger partial charge >= 0.3 is 0 Å². The van der Waals surface area contributed by atoms with Gasteiger partial charge in [-0.25, -0.2) is 5.43 Å². The molecule has 132 valence electrons. The first kappa shape index (κ1) is 17.4. The van der Waals surface area contributed by atoms with Crippen LogP contribution in [0.2, 0.25) is 0 Å². The van der Waals surface area contributed by atoms with Crippen molar-refractivity contribution in [3.05, 3.63) is 65.9 Å². The second-order valence-corrected chi connectivity index (χ2v) is 5.85. The van der Waals surface area contributed by atoms with Crippen LogP contribution in [0, 0.1) is 0 Å². The summed E-state index contributed by atoms with van der Waals surface area (Å²) in [5.74, 6) is -0.465. The molecule has 3 rings (SSSR count). The van der Waals surface area contributed by atoms with Gasteiger partial charge in [0.25, 0.3) is 5.91 Å². The minimum atomic E-state index is -0.310. The Morgan fingerprint density at radius 3 is 2.54 bits per heavy atom. The van der Waals surface area contributed by atoms with Gasteiger partial charge in [-0.3, -0.25) is 9.59 Å². The normalized spacial score (nSPS) is 11.0. The molecular weight excluding hydrogens is 328 g/mol. The molecule has 0 saturated heterocycles. The molecule has 0 spiro atoms. The highest BCUT2D eigenvalue weighted by molar-refractivity contribution is 6.00. The van der Waals surface area contributed by atoms with E-state index in [1.165, 1.54) is 6.92 Å². The molecule has 2 N–H and O–H groups in total. The van der Waals surface area contributed by atoms with Gasteiger partial charge < -0.3 is 9.88 Å². The summed E-state index contributed by atoms with van der Waals surface area (Å²) in [6.45, 7) is 4.38. The minimum absolute atomic E-state index is 0.155. The fourth-order valence-electron chi connectivity index (χ4n) is 2.77. The van der Waals surface area contributed by atoms with E-state index in [2.05, 4.69) is 33.4 Å². The van der Waals surface area contributed by atoms with Crippen LogP contribution in [0.25, 0.3) is 10.9 Å². The first-order chi connectivity index (χ1) is 12.6. The molecule has 0 unspecified atom stereocenters. The molecule has 0 fully saturated rings. The van der Waals surface area contributed by atoms with Gasteiger partial charge in [-0.05, 0) is 37.3 Å². The molecule has 0 aliphatic rings. The van der Waals surface area contributed by atoms with Crippen molar-refractivity contribution in [2.24, 2.45) is 5.10 Å². The molecule has 1 aromatic heterocycles. The number of hydrogen-bond donors (Lipinski definition) is 2. The lowest BCUT2D eigenvalue weighted by Gasteiger charge is -2.03. The molecule has 0 aliphatic heterocycles. The zero-order valence-electron chi connectivity index (χ0n) is 14.7. The molecule has 6 nitrogen and oxygen atoms in total. The smallest absolute Gasteiger partial charge is 0.271 e. The van der Waals surface area contributed by atoms with Gasteiger partial charge in [-0.2, -0.15) is 5.10 Å². The Kier molecular flexibility index (Phi) is 5.12. The zero-order chi connectivity index (χ0) is 18.5. The minimum Gasteiger partial charge on any atom is -0.347 e. The summed E-state index contributed by atoms with van der Waals surface area (Å²) in [7, 11) is 0. The quantitative estimate of drug-likeness (QED) is 0.548. The van der Waals surface area contributed by atoms with Crippen LogP contribution in [-0.2, 0) is 11.3 Å². The van der Waals surface area contributed by atoms with Crippen molar-refractivity contribution in [2.45, 2.75) is 20.4 Å². The first-order valence-electron chi connectivity index (χ1n) is 8.37. The third-order valence-corrected chi connectivity index (χ3v) is 4.00. The predicted molar refractivity (Wildman–Crippen MR) is 103 cm³/mol. The highest BCUT2D eigenvalue weighted by atomic mass is 16.2. The number of carbonyl (C=O) groups is 2. The predicted octanol–water partition coefficient (Wildman–Crippen LogP) is 3.38. The van der Waals surface area contributed by atoms with E-state index in [0.717, 1.165) is 23.0 Å². The summed E-state index contributed by atoms with van der Waals surface area (Å²) in [5.41, 5.74) is 5.73. The third-order valence-electron chi connectivity index (χ3n) is 4.00. The molecule has 0 bridgehead atoms. The van der Waals surface area contributed by atoms with Crippen molar-refractivity contribution < 1.29 is 9.59 Å². The number of nitrogens with one attached hydrogen (secondary N) is 2. The number of hydrogen-bond acceptors (Lipinski definition) is 3. The molecule has 1 heterocycles. The van der Waals surface area contributed by atoms with Crippen molar-refractivity contribution in [1.82, 2.24) is 9.99 Å². The number of aryl methyl sites for hydroxylation is 1. The largest absolute Gasteiger partial charge is 0.347 e. The topological polar surface area (TPSA) is 75.5 Å². The van der Waals surface area contributed by atoms with Gasteiger partial charge in [0.05, 0.1) is 6.21 Å². The standard InChI is InChI=1S/C20H20N4O2/c1-3-24-13-16(18-6-4-5-7-19(18)24)12-21-23-20(26)15-8-10-17(11-9-15)22-14(2)25/h4-13H,3H2,1-2H3,(H,22,25)(H,23,26). The van der Waals surface area contributed by atoms with Gasteiger partial charge in [0.1, 0.15) is 0 Å². The first-order valence-corrected chi connectivity index (χ1v) is 8.37. The van der Waals surface area contributed by atoms with Crippen LogP contribution in [0.4, 0.5) is 5.69 Å². The Bertz CT molecular complexity index is 971. The monoisotopic (exact) mass is 348 g/mol. The average Bonchev–Trinajstić information content (AvgIpc) is 3.00. The number of aromatic nitrogens is 1. The van der Waals surface area contributed by atoms with Crippen LogP contribution in [0.15, 0.2) is 59.8 Å². The van der Waals surface area contributed by atoms with Gasteiger partial charge in [0.15, 0.2) is 0 Å². The van der Waals surface area contributed by atoms with Crippen LogP contribution in [0.5, 0.6) is 0 Å². The van der Waals surface area contributed by atoms with Crippen molar-refractivity contribution in [2.75, 3.05) is 5.32 Å². The number of benzene rings is 2. The Labute approximate surface area is 151 Å². The Hall–Kier alpha value is -3.41. The Morgan fingerprint density at radius 2 is 1.85 bits per heavy atom. The van der Waals surface area contributed by atoms with Gasteiger partial charge in [0.2, 0.25) is 5.91 Å². The third kappa shape index (κ3) is 3.80. The summed E-state index contributed by atoms with van der Waals surface area (Å²) < 4.78 is 2.14. The highest BCUT2D eigenvalue weighted by Crippen LogP contribution is 2.19. The van der Waals surface area contributed by atoms with Gasteiger partial charge in [0, 0.05) is 47.4 Å². The van der Waals surface area contributed by atoms with Crippen LogP contribution in [0.1, 0.15) is 29.8 Å². The summed E-state index contributed by atoms with van der Waals surface area (Å²) in [4.78, 5) is 23.2. The molecule has 26 heavy (non-hydrogen) atoms. The number of rotatable bonds is 5. The average molecular weight is 348 g/mol. The summed E-state index contributed by atoms with van der Waals surface area (Å²) >= 11 is 0. The Morgan fingerprint density at radius 1 is 1.12 bits per heavy atom. The number of amides is 2. The maximum Gasteiger partial charge on any atom is 0.271 e. The highest BCUT2D eigenvalue weighted by Gasteiger charge is 2.07. The van der Waals surface area contributed by atoms with E-state index in [4.69, 9.17) is 0 Å². The molecular formula is C20H20N4O2. The van der Waals surface area contributed by atoms with Crippen molar-refractivity contribution in [3.63, 3.8) is 0 Å². The summed E-state index contributed by atoms with van der Waals surface area (Å²) in [6.07, 6.45) is 3.67. The molecule has 0 aliphatic carbocycles. The lowest BCUT2D eigenvalue weighted by atomic mass is 10.2. The van der Waals surface area contributed by atoms with Crippen LogP contribution >= 0.6 is 0 Å². The second-order valence-electron chi connectivity index (χ2n) is 5.85. The van der Waals surface area contributed by atoms with Crippen LogP contribution in [0.3, 0.4) is 0 Å². The molecule has 3 aromatic rings. The molecule has 0 atom stereocenters. The molecule has 0 saturated carbocycles. The Balaban J connectivity index is 1.70. The summed E-state index contributed by atoms with van der Waals surface area (Å²) in [5, 5.41) is 7.83. The number of para-hydroxylation sites is 1. The number of nitrogens with zero attached hydrogens (tertiary/aromatic N) is 2. The maximum absolute atomic E-state index is 12.2. The van der Waals surface area contributed by atoms with E-state index in [1.807, 2.05) is 24.4 Å². The van der Waals surface area contributed by atoms with E-state index < -0.39 is 0 Å². The number of hydrazone groups is 1. The fourth-order valence-corrected chi connectivity index (χ4v) is 2.77. The van der Waals surface area contributed by atoms with Crippen molar-refractivity contribution >= 4 is 34.6 Å². The van der Waals surface area contributed by atoms with E-state index in [-0.39, 0.29) is 11.8 Å². The van der Waals surface area contributed by atoms with E-state index in [9.17, 15) is 9.59 Å². The van der Waals surface area contributed by atoms with Gasteiger partial charge in [-0.1, -0.05) is 18.2 Å². The van der Waals surface area contributed by atoms with E-state index in [0.29, 0.717) is 11.3 Å². The molecule has 2 aromatic carbocycles. The molecule has 6 heteroatoms. The van der Waals surface area contributed by atoms with Crippen LogP contribution in [-0.4, -0.2) is 22.6 Å². The van der Waals surface area contributed by atoms with E-state index >= 15 is 0 Å². The van der Waals surface area contributed by atoms with E-state index in [1.54, 1.807) is 30.5 Å². The summed E-state index contributed by atoms with van der Waals surface area (Å²) in [6, 6.07) is 14.7. The molecule has 0 radical (unpaired) electrons. The van der Waals surface area contributed by atoms with Crippen LogP contribution < -0.4 is 10.7 Å². The lowest BCUT2D eigenvalue weighted by Crippen LogP contribution is -2.17. The SMILES string of the molecule is CCn1cc(C=NNC(=O)c2ccc(NC(C)=O)cc2)c2ccccc21. The lowest BCUT2D eigenvalue weighted by molar-refractivity contribution is -0.114. The number of fused-ring (bicyclic) bond motifs is 1. The maximum atomic E-state index is 12.2. The fraction of sp³-hybridized carbons (Fsp3) is 0.150. The number of carbonyl (C=O) groups excluding carboxylic acids is 2. The molecule has 2 amide bonds. The zero-order valence-corrected chi connectivity index (χ0v) is 14.7. The van der Waals surface area contributed by atoms with Gasteiger partial charge in [-0.15, -0.1) is 0 Å². The number of anilines is 1. The van der Waals surface area contributed by atoms with Crippen molar-refractivity contribution in [1.29, 1.82) is 0 Å². The van der Waals surface area contributed by atoms with Crippen molar-refractivity contribution in [3.8, 4) is 0 Å².